The molecule has 1 aromatic heterocycles. The van der Waals surface area contributed by atoms with Gasteiger partial charge < -0.3 is 5.73 Å². The lowest BCUT2D eigenvalue weighted by atomic mass is 9.84. The van der Waals surface area contributed by atoms with Gasteiger partial charge in [-0.05, 0) is 37.3 Å². The van der Waals surface area contributed by atoms with Crippen LogP contribution in [-0.2, 0) is 6.42 Å². The van der Waals surface area contributed by atoms with Crippen LogP contribution >= 0.6 is 12.2 Å². The number of nitrogens with two attached hydrogens (primary N) is 1. The fourth-order valence-corrected chi connectivity index (χ4v) is 2.53. The Hall–Kier alpha value is -0.960. The Morgan fingerprint density at radius 1 is 1.67 bits per heavy atom. The molecule has 1 aliphatic carbocycles. The van der Waals surface area contributed by atoms with Crippen molar-refractivity contribution in [1.29, 1.82) is 0 Å². The van der Waals surface area contributed by atoms with Crippen molar-refractivity contribution in [2.24, 2.45) is 5.73 Å². The van der Waals surface area contributed by atoms with Gasteiger partial charge in [0.2, 0.25) is 0 Å². The van der Waals surface area contributed by atoms with Crippen LogP contribution in [0.2, 0.25) is 0 Å². The topological polar surface area (TPSA) is 38.9 Å². The maximum Gasteiger partial charge on any atom is 0.0734 e. The Morgan fingerprint density at radius 2 is 2.47 bits per heavy atom. The van der Waals surface area contributed by atoms with E-state index in [2.05, 4.69) is 18.0 Å². The van der Waals surface area contributed by atoms with Crippen molar-refractivity contribution in [3.63, 3.8) is 0 Å². The molecule has 15 heavy (non-hydrogen) atoms. The zero-order valence-electron chi connectivity index (χ0n) is 8.99. The number of aromatic nitrogens is 1. The normalized spacial score (nSPS) is 19.7. The summed E-state index contributed by atoms with van der Waals surface area (Å²) in [6, 6.07) is 2.24. The van der Waals surface area contributed by atoms with E-state index in [0.717, 1.165) is 12.8 Å². The largest absolute Gasteiger partial charge is 0.393 e. The van der Waals surface area contributed by atoms with Crippen molar-refractivity contribution in [3.8, 4) is 0 Å². The summed E-state index contributed by atoms with van der Waals surface area (Å²) >= 11 is 4.98. The summed E-state index contributed by atoms with van der Waals surface area (Å²) in [5.74, 6) is 0.451. The van der Waals surface area contributed by atoms with Gasteiger partial charge in [0.15, 0.2) is 0 Å². The summed E-state index contributed by atoms with van der Waals surface area (Å²) in [4.78, 5) is 5.14. The van der Waals surface area contributed by atoms with Crippen molar-refractivity contribution >= 4 is 17.2 Å². The highest BCUT2D eigenvalue weighted by atomic mass is 32.1. The molecule has 2 rings (SSSR count). The van der Waals surface area contributed by atoms with Gasteiger partial charge in [-0.3, -0.25) is 4.98 Å². The fraction of sp³-hybridized carbons (Fsp3) is 0.500. The molecular formula is C12H16N2S. The van der Waals surface area contributed by atoms with E-state index in [4.69, 9.17) is 18.0 Å². The van der Waals surface area contributed by atoms with Crippen LogP contribution in [-0.4, -0.2) is 9.97 Å². The smallest absolute Gasteiger partial charge is 0.0734 e. The first kappa shape index (κ1) is 10.6. The lowest BCUT2D eigenvalue weighted by Gasteiger charge is -2.24. The molecule has 1 heterocycles. The van der Waals surface area contributed by atoms with E-state index >= 15 is 0 Å². The SMILES string of the molecule is Cc1cnc2c(c1)CCCC2CC(N)=S. The quantitative estimate of drug-likeness (QED) is 0.778. The summed E-state index contributed by atoms with van der Waals surface area (Å²) in [5, 5.41) is 0. The van der Waals surface area contributed by atoms with Crippen molar-refractivity contribution in [1.82, 2.24) is 4.98 Å². The molecule has 1 aliphatic rings. The van der Waals surface area contributed by atoms with Crippen molar-refractivity contribution in [3.05, 3.63) is 29.1 Å². The molecule has 0 saturated heterocycles. The minimum Gasteiger partial charge on any atom is -0.393 e. The third-order valence-corrected chi connectivity index (χ3v) is 3.14. The van der Waals surface area contributed by atoms with Crippen LogP contribution < -0.4 is 5.73 Å². The van der Waals surface area contributed by atoms with E-state index in [-0.39, 0.29) is 0 Å². The molecule has 0 amide bonds. The average Bonchev–Trinajstić information content (AvgIpc) is 2.16. The molecule has 0 bridgehead atoms. The predicted molar refractivity (Wildman–Crippen MR) is 66.1 cm³/mol. The van der Waals surface area contributed by atoms with Gasteiger partial charge in [0.1, 0.15) is 0 Å². The zero-order chi connectivity index (χ0) is 10.8. The average molecular weight is 220 g/mol. The number of rotatable bonds is 2. The Bertz CT molecular complexity index is 387. The summed E-state index contributed by atoms with van der Waals surface area (Å²) in [7, 11) is 0. The van der Waals surface area contributed by atoms with Gasteiger partial charge in [-0.1, -0.05) is 18.3 Å². The Morgan fingerprint density at radius 3 is 3.20 bits per heavy atom. The lowest BCUT2D eigenvalue weighted by molar-refractivity contribution is 0.551. The van der Waals surface area contributed by atoms with Crippen LogP contribution in [0.15, 0.2) is 12.3 Å². The van der Waals surface area contributed by atoms with Gasteiger partial charge in [0.05, 0.1) is 4.99 Å². The molecule has 2 nitrogen and oxygen atoms in total. The van der Waals surface area contributed by atoms with Crippen LogP contribution in [0.3, 0.4) is 0 Å². The number of fused-ring (bicyclic) bond motifs is 1. The molecule has 2 N–H and O–H groups in total. The second-order valence-electron chi connectivity index (χ2n) is 4.32. The number of thiocarbonyl (C=S) groups is 1. The van der Waals surface area contributed by atoms with Gasteiger partial charge in [0.25, 0.3) is 0 Å². The van der Waals surface area contributed by atoms with E-state index < -0.39 is 0 Å². The zero-order valence-corrected chi connectivity index (χ0v) is 9.81. The number of nitrogens with zero attached hydrogens (tertiary/aromatic N) is 1. The summed E-state index contributed by atoms with van der Waals surface area (Å²) in [6.45, 7) is 2.09. The molecule has 0 spiro atoms. The van der Waals surface area contributed by atoms with E-state index in [9.17, 15) is 0 Å². The van der Waals surface area contributed by atoms with Crippen LogP contribution in [0.4, 0.5) is 0 Å². The predicted octanol–water partition coefficient (Wildman–Crippen LogP) is 2.49. The van der Waals surface area contributed by atoms with Crippen molar-refractivity contribution < 1.29 is 0 Å². The minimum atomic E-state index is 0.451. The summed E-state index contributed by atoms with van der Waals surface area (Å²) < 4.78 is 0. The monoisotopic (exact) mass is 220 g/mol. The molecule has 3 heteroatoms. The van der Waals surface area contributed by atoms with Gasteiger partial charge in [0, 0.05) is 24.2 Å². The first-order valence-corrected chi connectivity index (χ1v) is 5.81. The highest BCUT2D eigenvalue weighted by molar-refractivity contribution is 7.80. The number of hydrogen-bond acceptors (Lipinski definition) is 2. The highest BCUT2D eigenvalue weighted by Crippen LogP contribution is 2.32. The van der Waals surface area contributed by atoms with E-state index in [1.54, 1.807) is 0 Å². The van der Waals surface area contributed by atoms with Gasteiger partial charge >= 0.3 is 0 Å². The molecule has 0 radical (unpaired) electrons. The van der Waals surface area contributed by atoms with E-state index in [1.165, 1.54) is 29.7 Å². The fourth-order valence-electron chi connectivity index (χ4n) is 2.33. The standard InChI is InChI=1S/C12H16N2S/c1-8-5-9-3-2-4-10(6-11(13)15)12(9)14-7-8/h5,7,10H,2-4,6H2,1H3,(H2,13,15). The first-order valence-electron chi connectivity index (χ1n) is 5.40. The molecule has 0 aliphatic heterocycles. The maximum atomic E-state index is 5.61. The Kier molecular flexibility index (Phi) is 3.00. The van der Waals surface area contributed by atoms with E-state index in [0.29, 0.717) is 10.9 Å². The number of aryl methyl sites for hydroxylation is 2. The lowest BCUT2D eigenvalue weighted by Crippen LogP contribution is -2.18. The van der Waals surface area contributed by atoms with Gasteiger partial charge in [-0.25, -0.2) is 0 Å². The minimum absolute atomic E-state index is 0.451. The second-order valence-corrected chi connectivity index (χ2v) is 4.84. The third-order valence-electron chi connectivity index (χ3n) is 2.97. The summed E-state index contributed by atoms with van der Waals surface area (Å²) in [5.41, 5.74) is 9.47. The molecular weight excluding hydrogens is 204 g/mol. The molecule has 1 atom stereocenters. The molecule has 1 unspecified atom stereocenters. The van der Waals surface area contributed by atoms with Gasteiger partial charge in [-0.2, -0.15) is 0 Å². The third kappa shape index (κ3) is 2.34. The Balaban J connectivity index is 2.30. The molecule has 0 saturated carbocycles. The summed E-state index contributed by atoms with van der Waals surface area (Å²) in [6.07, 6.45) is 6.29. The Labute approximate surface area is 95.9 Å². The van der Waals surface area contributed by atoms with Crippen LogP contribution in [0.5, 0.6) is 0 Å². The van der Waals surface area contributed by atoms with Crippen molar-refractivity contribution in [2.45, 2.75) is 38.5 Å². The number of hydrogen-bond donors (Lipinski definition) is 1. The maximum absolute atomic E-state index is 5.61. The van der Waals surface area contributed by atoms with Crippen LogP contribution in [0.25, 0.3) is 0 Å². The van der Waals surface area contributed by atoms with Crippen molar-refractivity contribution in [2.75, 3.05) is 0 Å². The van der Waals surface area contributed by atoms with Crippen LogP contribution in [0, 0.1) is 6.92 Å². The molecule has 80 valence electrons. The highest BCUT2D eigenvalue weighted by Gasteiger charge is 2.21. The first-order chi connectivity index (χ1) is 7.16. The van der Waals surface area contributed by atoms with Gasteiger partial charge in [-0.15, -0.1) is 0 Å². The second kappa shape index (κ2) is 4.27. The molecule has 0 fully saturated rings. The molecule has 0 aromatic carbocycles. The van der Waals surface area contributed by atoms with E-state index in [1.807, 2.05) is 6.20 Å². The van der Waals surface area contributed by atoms with Crippen LogP contribution in [0.1, 0.15) is 42.0 Å². The number of pyridine rings is 1. The molecule has 1 aromatic rings.